The van der Waals surface area contributed by atoms with Gasteiger partial charge in [-0.3, -0.25) is 9.59 Å². The van der Waals surface area contributed by atoms with Gasteiger partial charge in [0.1, 0.15) is 11.6 Å². The van der Waals surface area contributed by atoms with Gasteiger partial charge < -0.3 is 19.9 Å². The molecule has 8 heteroatoms. The summed E-state index contributed by atoms with van der Waals surface area (Å²) in [6.45, 7) is 7.22. The summed E-state index contributed by atoms with van der Waals surface area (Å²) in [5, 5.41) is 9.36. The molecule has 1 aliphatic heterocycles. The van der Waals surface area contributed by atoms with Crippen LogP contribution in [0.5, 0.6) is 0 Å². The quantitative estimate of drug-likeness (QED) is 0.424. The highest BCUT2D eigenvalue weighted by Crippen LogP contribution is 2.20. The number of piperidine rings is 1. The number of nitrogens with zero attached hydrogens (tertiary/aromatic N) is 3. The highest BCUT2D eigenvalue weighted by Gasteiger charge is 2.26. The summed E-state index contributed by atoms with van der Waals surface area (Å²) >= 11 is 0. The van der Waals surface area contributed by atoms with Gasteiger partial charge in [-0.25, -0.2) is 4.79 Å². The monoisotopic (exact) mass is 400 g/mol. The summed E-state index contributed by atoms with van der Waals surface area (Å²) in [6, 6.07) is 3.78. The zero-order chi connectivity index (χ0) is 21.6. The summed E-state index contributed by atoms with van der Waals surface area (Å²) in [4.78, 5) is 37.3. The van der Waals surface area contributed by atoms with E-state index >= 15 is 0 Å². The normalized spacial score (nSPS) is 15.1. The molecule has 0 atom stereocenters. The van der Waals surface area contributed by atoms with Crippen LogP contribution < -0.4 is 5.73 Å². The van der Waals surface area contributed by atoms with Crippen LogP contribution >= 0.6 is 0 Å². The maximum Gasteiger partial charge on any atom is 0.349 e. The third kappa shape index (κ3) is 5.47. The van der Waals surface area contributed by atoms with Gasteiger partial charge in [-0.1, -0.05) is 6.92 Å². The predicted octanol–water partition coefficient (Wildman–Crippen LogP) is 1.69. The lowest BCUT2D eigenvalue weighted by Gasteiger charge is -2.30. The Bertz CT molecular complexity index is 855. The average molecular weight is 400 g/mol. The number of aryl methyl sites for hydroxylation is 1. The van der Waals surface area contributed by atoms with E-state index in [0.29, 0.717) is 25.9 Å². The molecular weight excluding hydrogens is 372 g/mol. The number of nitrogens with two attached hydrogens (primary N) is 1. The molecular formula is C21H28N4O4. The van der Waals surface area contributed by atoms with Crippen molar-refractivity contribution in [2.45, 2.75) is 46.6 Å². The standard InChI is InChI=1S/C21H28N4O4/c1-4-7-25-14(2)10-17(15(25)3)11-18(12-22)21(28)29-13-19(26)24-8-5-16(6-9-24)20(23)27/h10-11,16H,4-9,13H2,1-3H3,(H2,23,27)/b18-11+. The number of carbonyl (C=O) groups is 3. The van der Waals surface area contributed by atoms with Crippen LogP contribution in [0.3, 0.4) is 0 Å². The molecule has 1 aromatic heterocycles. The maximum absolute atomic E-state index is 12.3. The van der Waals surface area contributed by atoms with Crippen LogP contribution in [-0.2, 0) is 25.7 Å². The number of aromatic nitrogens is 1. The van der Waals surface area contributed by atoms with Gasteiger partial charge in [0.05, 0.1) is 0 Å². The average Bonchev–Trinajstić information content (AvgIpc) is 2.97. The van der Waals surface area contributed by atoms with Crippen LogP contribution in [0.4, 0.5) is 0 Å². The minimum Gasteiger partial charge on any atom is -0.451 e. The Kier molecular flexibility index (Phi) is 7.59. The van der Waals surface area contributed by atoms with Crippen molar-refractivity contribution in [1.82, 2.24) is 9.47 Å². The molecule has 1 saturated heterocycles. The Labute approximate surface area is 170 Å². The summed E-state index contributed by atoms with van der Waals surface area (Å²) in [5.74, 6) is -1.75. The Morgan fingerprint density at radius 1 is 1.31 bits per heavy atom. The van der Waals surface area contributed by atoms with Crippen LogP contribution in [-0.4, -0.2) is 46.9 Å². The van der Waals surface area contributed by atoms with E-state index in [4.69, 9.17) is 10.5 Å². The van der Waals surface area contributed by atoms with Crippen molar-refractivity contribution in [1.29, 1.82) is 5.26 Å². The van der Waals surface area contributed by atoms with Crippen molar-refractivity contribution in [2.75, 3.05) is 19.7 Å². The fraction of sp³-hybridized carbons (Fsp3) is 0.524. The first kappa shape index (κ1) is 22.2. The molecule has 2 amide bonds. The number of esters is 1. The van der Waals surface area contributed by atoms with Crippen molar-refractivity contribution in [3.63, 3.8) is 0 Å². The van der Waals surface area contributed by atoms with E-state index in [2.05, 4.69) is 11.5 Å². The lowest BCUT2D eigenvalue weighted by molar-refractivity contribution is -0.149. The second kappa shape index (κ2) is 9.92. The predicted molar refractivity (Wildman–Crippen MR) is 107 cm³/mol. The van der Waals surface area contributed by atoms with E-state index in [9.17, 15) is 19.6 Å². The molecule has 1 aliphatic rings. The van der Waals surface area contributed by atoms with Crippen molar-refractivity contribution >= 4 is 23.9 Å². The number of likely N-dealkylation sites (tertiary alicyclic amines) is 1. The molecule has 1 fully saturated rings. The van der Waals surface area contributed by atoms with Gasteiger partial charge in [-0.15, -0.1) is 0 Å². The Balaban J connectivity index is 1.98. The van der Waals surface area contributed by atoms with Crippen molar-refractivity contribution in [2.24, 2.45) is 11.7 Å². The first-order chi connectivity index (χ1) is 13.8. The van der Waals surface area contributed by atoms with E-state index in [0.717, 1.165) is 29.9 Å². The van der Waals surface area contributed by atoms with Crippen molar-refractivity contribution < 1.29 is 19.1 Å². The lowest BCUT2D eigenvalue weighted by atomic mass is 9.96. The Morgan fingerprint density at radius 3 is 2.52 bits per heavy atom. The molecule has 2 N–H and O–H groups in total. The fourth-order valence-electron chi connectivity index (χ4n) is 3.54. The smallest absolute Gasteiger partial charge is 0.349 e. The van der Waals surface area contributed by atoms with Gasteiger partial charge in [-0.2, -0.15) is 5.26 Å². The molecule has 0 aliphatic carbocycles. The van der Waals surface area contributed by atoms with Crippen LogP contribution in [0.25, 0.3) is 6.08 Å². The Morgan fingerprint density at radius 2 is 1.97 bits per heavy atom. The highest BCUT2D eigenvalue weighted by molar-refractivity contribution is 5.99. The van der Waals surface area contributed by atoms with Gasteiger partial charge in [0.25, 0.3) is 5.91 Å². The Hall–Kier alpha value is -3.08. The van der Waals surface area contributed by atoms with E-state index in [1.807, 2.05) is 26.0 Å². The summed E-state index contributed by atoms with van der Waals surface area (Å²) in [5.41, 5.74) is 7.94. The molecule has 156 valence electrons. The second-order valence-corrected chi connectivity index (χ2v) is 7.28. The molecule has 0 bridgehead atoms. The first-order valence-corrected chi connectivity index (χ1v) is 9.81. The second-order valence-electron chi connectivity index (χ2n) is 7.28. The summed E-state index contributed by atoms with van der Waals surface area (Å²) in [6.07, 6.45) is 3.49. The zero-order valence-corrected chi connectivity index (χ0v) is 17.2. The minimum atomic E-state index is -0.826. The third-order valence-electron chi connectivity index (χ3n) is 5.28. The SMILES string of the molecule is CCCn1c(C)cc(/C=C(\C#N)C(=O)OCC(=O)N2CCC(C(N)=O)CC2)c1C. The van der Waals surface area contributed by atoms with Crippen LogP contribution in [0.2, 0.25) is 0 Å². The number of ether oxygens (including phenoxy) is 1. The number of amides is 2. The van der Waals surface area contributed by atoms with Crippen molar-refractivity contribution in [3.8, 4) is 6.07 Å². The highest BCUT2D eigenvalue weighted by atomic mass is 16.5. The number of carbonyl (C=O) groups excluding carboxylic acids is 3. The topological polar surface area (TPSA) is 118 Å². The molecule has 2 rings (SSSR count). The van der Waals surface area contributed by atoms with Gasteiger partial charge in [0.2, 0.25) is 5.91 Å². The number of hydrogen-bond acceptors (Lipinski definition) is 5. The van der Waals surface area contributed by atoms with Crippen LogP contribution in [0, 0.1) is 31.1 Å². The molecule has 8 nitrogen and oxygen atoms in total. The molecule has 0 unspecified atom stereocenters. The maximum atomic E-state index is 12.3. The summed E-state index contributed by atoms with van der Waals surface area (Å²) in [7, 11) is 0. The summed E-state index contributed by atoms with van der Waals surface area (Å²) < 4.78 is 7.19. The van der Waals surface area contributed by atoms with E-state index < -0.39 is 12.6 Å². The number of rotatable bonds is 7. The molecule has 1 aromatic rings. The molecule has 0 radical (unpaired) electrons. The number of primary amides is 1. The lowest BCUT2D eigenvalue weighted by Crippen LogP contribution is -2.43. The molecule has 0 aromatic carbocycles. The fourth-order valence-corrected chi connectivity index (χ4v) is 3.54. The van der Waals surface area contributed by atoms with Gasteiger partial charge >= 0.3 is 5.97 Å². The van der Waals surface area contributed by atoms with Crippen LogP contribution in [0.1, 0.15) is 43.1 Å². The van der Waals surface area contributed by atoms with E-state index in [1.54, 1.807) is 4.90 Å². The van der Waals surface area contributed by atoms with E-state index in [1.165, 1.54) is 6.08 Å². The van der Waals surface area contributed by atoms with Gasteiger partial charge in [-0.05, 0) is 50.8 Å². The van der Waals surface area contributed by atoms with Crippen molar-refractivity contribution in [3.05, 3.63) is 28.6 Å². The first-order valence-electron chi connectivity index (χ1n) is 9.81. The van der Waals surface area contributed by atoms with E-state index in [-0.39, 0.29) is 23.3 Å². The number of hydrogen-bond donors (Lipinski definition) is 1. The number of nitriles is 1. The largest absolute Gasteiger partial charge is 0.451 e. The molecule has 2 heterocycles. The molecule has 29 heavy (non-hydrogen) atoms. The molecule has 0 spiro atoms. The van der Waals surface area contributed by atoms with Gasteiger partial charge in [0.15, 0.2) is 6.61 Å². The zero-order valence-electron chi connectivity index (χ0n) is 17.2. The third-order valence-corrected chi connectivity index (χ3v) is 5.28. The minimum absolute atomic E-state index is 0.151. The van der Waals surface area contributed by atoms with Gasteiger partial charge in [0, 0.05) is 36.9 Å². The van der Waals surface area contributed by atoms with Crippen LogP contribution in [0.15, 0.2) is 11.6 Å². The molecule has 0 saturated carbocycles.